The number of nitrogens with zero attached hydrogens (tertiary/aromatic N) is 1. The van der Waals surface area contributed by atoms with Crippen molar-refractivity contribution in [3.05, 3.63) is 41.5 Å². The Hall–Kier alpha value is -2.66. The highest BCUT2D eigenvalue weighted by atomic mass is 28.4. The first-order valence-electron chi connectivity index (χ1n) is 16.0. The molecular formula is C35H55NO8Si. The zero-order chi connectivity index (χ0) is 34.1. The van der Waals surface area contributed by atoms with Crippen LogP contribution in [0.5, 0.6) is 5.75 Å². The topological polar surface area (TPSA) is 104 Å². The third-order valence-corrected chi connectivity index (χ3v) is 12.9. The summed E-state index contributed by atoms with van der Waals surface area (Å²) < 4.78 is 30.9. The molecule has 1 fully saturated rings. The summed E-state index contributed by atoms with van der Waals surface area (Å²) in [5.74, 6) is -1.23. The Morgan fingerprint density at radius 3 is 2.31 bits per heavy atom. The first kappa shape index (κ1) is 36.8. The van der Waals surface area contributed by atoms with Crippen LogP contribution in [0.2, 0.25) is 18.1 Å². The van der Waals surface area contributed by atoms with Crippen molar-refractivity contribution in [2.45, 2.75) is 137 Å². The minimum absolute atomic E-state index is 0.165. The number of hydrogen-bond donors (Lipinski definition) is 1. The molecular weight excluding hydrogens is 590 g/mol. The monoisotopic (exact) mass is 645 g/mol. The number of anilines is 1. The number of carbonyl (C=O) groups excluding carboxylic acids is 2. The molecule has 0 radical (unpaired) electrons. The van der Waals surface area contributed by atoms with Gasteiger partial charge < -0.3 is 28.5 Å². The molecule has 0 spiro atoms. The first-order valence-corrected chi connectivity index (χ1v) is 18.9. The van der Waals surface area contributed by atoms with Crippen LogP contribution in [-0.4, -0.2) is 67.8 Å². The Balaban J connectivity index is 2.26. The number of amides is 1. The molecule has 5 atom stereocenters. The normalized spacial score (nSPS) is 27.3. The smallest absolute Gasteiger partial charge is 0.414 e. The second kappa shape index (κ2) is 13.6. The highest BCUT2D eigenvalue weighted by Gasteiger charge is 2.44. The average Bonchev–Trinajstić information content (AvgIpc) is 3.19. The highest BCUT2D eigenvalue weighted by Crippen LogP contribution is 2.41. The predicted octanol–water partition coefficient (Wildman–Crippen LogP) is 7.87. The number of carbonyl (C=O) groups is 2. The zero-order valence-electron chi connectivity index (χ0n) is 29.5. The maximum absolute atomic E-state index is 14.0. The van der Waals surface area contributed by atoms with Crippen molar-refractivity contribution in [2.24, 2.45) is 5.92 Å². The van der Waals surface area contributed by atoms with Gasteiger partial charge in [0, 0.05) is 18.5 Å². The molecule has 0 bridgehead atoms. The van der Waals surface area contributed by atoms with E-state index >= 15 is 0 Å². The van der Waals surface area contributed by atoms with Gasteiger partial charge in [0.15, 0.2) is 5.79 Å². The second-order valence-electron chi connectivity index (χ2n) is 15.1. The highest BCUT2D eigenvalue weighted by molar-refractivity contribution is 6.74. The number of benzene rings is 1. The standard InChI is InChI=1S/C35H55NO8Si/c1-14-36(32(39)43-33(4,5)6)25-20-24-16-15-17-27-30(42-35(10,11)41-27)26(37)19-18-22(2)23(3)40-31(38)29(24)28(21-25)44-45(12,13)34(7,8)9/h15-16,18-23,26-27,30,37H,14,17H2,1-13H3/b16-15+,19-18-/t22-,23+,26?,27+,30-/m1/s1. The summed E-state index contributed by atoms with van der Waals surface area (Å²) in [4.78, 5) is 28.9. The van der Waals surface area contributed by atoms with Crippen molar-refractivity contribution in [1.29, 1.82) is 0 Å². The lowest BCUT2D eigenvalue weighted by Gasteiger charge is -2.37. The number of ether oxygens (including phenoxy) is 4. The number of rotatable bonds is 4. The Morgan fingerprint density at radius 2 is 1.73 bits per heavy atom. The van der Waals surface area contributed by atoms with Gasteiger partial charge in [-0.3, -0.25) is 4.90 Å². The van der Waals surface area contributed by atoms with Crippen molar-refractivity contribution in [1.82, 2.24) is 0 Å². The van der Waals surface area contributed by atoms with Gasteiger partial charge in [-0.15, -0.1) is 0 Å². The minimum Gasteiger partial charge on any atom is -0.543 e. The van der Waals surface area contributed by atoms with Gasteiger partial charge in [0.1, 0.15) is 35.2 Å². The molecule has 1 N–H and O–H groups in total. The van der Waals surface area contributed by atoms with E-state index in [-0.39, 0.29) is 11.0 Å². The third kappa shape index (κ3) is 9.21. The van der Waals surface area contributed by atoms with Crippen LogP contribution in [0.15, 0.2) is 30.4 Å². The Morgan fingerprint density at radius 1 is 1.09 bits per heavy atom. The van der Waals surface area contributed by atoms with Crippen LogP contribution >= 0.6 is 0 Å². The van der Waals surface area contributed by atoms with Gasteiger partial charge in [-0.05, 0) is 84.6 Å². The number of cyclic esters (lactones) is 1. The number of hydrogen-bond acceptors (Lipinski definition) is 8. The second-order valence-corrected chi connectivity index (χ2v) is 19.8. The first-order chi connectivity index (χ1) is 20.5. The molecule has 1 aromatic carbocycles. The van der Waals surface area contributed by atoms with E-state index in [9.17, 15) is 14.7 Å². The molecule has 2 heterocycles. The molecule has 45 heavy (non-hydrogen) atoms. The molecule has 1 aromatic rings. The van der Waals surface area contributed by atoms with Crippen LogP contribution in [0.25, 0.3) is 6.08 Å². The predicted molar refractivity (Wildman–Crippen MR) is 180 cm³/mol. The molecule has 252 valence electrons. The third-order valence-electron chi connectivity index (χ3n) is 8.60. The molecule has 2 aliphatic rings. The van der Waals surface area contributed by atoms with Crippen LogP contribution < -0.4 is 9.33 Å². The van der Waals surface area contributed by atoms with E-state index in [1.807, 2.05) is 73.6 Å². The Labute approximate surface area is 271 Å². The van der Waals surface area contributed by atoms with E-state index in [2.05, 4.69) is 33.9 Å². The maximum atomic E-state index is 14.0. The van der Waals surface area contributed by atoms with Crippen LogP contribution in [0, 0.1) is 5.92 Å². The molecule has 1 unspecified atom stereocenters. The molecule has 1 amide bonds. The molecule has 3 rings (SSSR count). The van der Waals surface area contributed by atoms with E-state index in [0.717, 1.165) is 0 Å². The quantitative estimate of drug-likeness (QED) is 0.201. The molecule has 2 aliphatic heterocycles. The molecule has 1 saturated heterocycles. The van der Waals surface area contributed by atoms with E-state index < -0.39 is 56.2 Å². The van der Waals surface area contributed by atoms with Crippen molar-refractivity contribution in [2.75, 3.05) is 11.4 Å². The van der Waals surface area contributed by atoms with Gasteiger partial charge in [-0.1, -0.05) is 52.0 Å². The summed E-state index contributed by atoms with van der Waals surface area (Å²) in [7, 11) is -2.47. The van der Waals surface area contributed by atoms with Gasteiger partial charge in [-0.25, -0.2) is 9.59 Å². The van der Waals surface area contributed by atoms with Crippen molar-refractivity contribution in [3.63, 3.8) is 0 Å². The van der Waals surface area contributed by atoms with Crippen LogP contribution in [0.1, 0.15) is 98.5 Å². The number of esters is 1. The van der Waals surface area contributed by atoms with Gasteiger partial charge in [0.2, 0.25) is 0 Å². The zero-order valence-corrected chi connectivity index (χ0v) is 30.5. The number of aliphatic hydroxyl groups excluding tert-OH is 1. The lowest BCUT2D eigenvalue weighted by molar-refractivity contribution is -0.152. The average molecular weight is 646 g/mol. The maximum Gasteiger partial charge on any atom is 0.414 e. The summed E-state index contributed by atoms with van der Waals surface area (Å²) in [5.41, 5.74) is 0.677. The Kier molecular flexibility index (Phi) is 11.1. The van der Waals surface area contributed by atoms with Gasteiger partial charge in [-0.2, -0.15) is 0 Å². The summed E-state index contributed by atoms with van der Waals surface area (Å²) in [6, 6.07) is 3.54. The van der Waals surface area contributed by atoms with Gasteiger partial charge >= 0.3 is 12.1 Å². The fourth-order valence-corrected chi connectivity index (χ4v) is 5.94. The van der Waals surface area contributed by atoms with Crippen LogP contribution in [-0.2, 0) is 18.9 Å². The SMILES string of the molecule is CCN(C(=O)OC(C)(C)C)c1cc2c(c(O[Si](C)(C)C(C)(C)C)c1)C(=O)O[C@@H](C)[C@H](C)/C=C\C(O)[C@H]1OC(C)(C)O[C@H]1C/C=C/2. The van der Waals surface area contributed by atoms with Crippen LogP contribution in [0.4, 0.5) is 10.5 Å². The lowest BCUT2D eigenvalue weighted by atomic mass is 9.98. The minimum atomic E-state index is -2.47. The molecule has 0 aliphatic carbocycles. The van der Waals surface area contributed by atoms with E-state index in [1.165, 1.54) is 4.90 Å². The van der Waals surface area contributed by atoms with E-state index in [1.54, 1.807) is 18.2 Å². The van der Waals surface area contributed by atoms with Gasteiger partial charge in [0.25, 0.3) is 8.32 Å². The van der Waals surface area contributed by atoms with Crippen LogP contribution in [0.3, 0.4) is 0 Å². The molecule has 9 nitrogen and oxygen atoms in total. The largest absolute Gasteiger partial charge is 0.543 e. The summed E-state index contributed by atoms with van der Waals surface area (Å²) in [6.07, 6.45) is 4.73. The summed E-state index contributed by atoms with van der Waals surface area (Å²) in [5, 5.41) is 10.9. The molecule has 0 saturated carbocycles. The van der Waals surface area contributed by atoms with Crippen molar-refractivity contribution >= 4 is 32.1 Å². The van der Waals surface area contributed by atoms with Crippen molar-refractivity contribution < 1.29 is 38.1 Å². The van der Waals surface area contributed by atoms with E-state index in [0.29, 0.717) is 35.5 Å². The van der Waals surface area contributed by atoms with E-state index in [4.69, 9.17) is 23.4 Å². The lowest BCUT2D eigenvalue weighted by Crippen LogP contribution is -2.44. The number of fused-ring (bicyclic) bond motifs is 2. The van der Waals surface area contributed by atoms with Crippen molar-refractivity contribution in [3.8, 4) is 5.75 Å². The number of aliphatic hydroxyl groups is 1. The summed E-state index contributed by atoms with van der Waals surface area (Å²) in [6.45, 7) is 25.7. The summed E-state index contributed by atoms with van der Waals surface area (Å²) >= 11 is 0. The van der Waals surface area contributed by atoms with Gasteiger partial charge in [0.05, 0.1) is 11.8 Å². The Bertz CT molecular complexity index is 1290. The fraction of sp³-hybridized carbons (Fsp3) is 0.657. The molecule has 0 aromatic heterocycles. The molecule has 10 heteroatoms. The fourth-order valence-electron chi connectivity index (χ4n) is 4.92.